The van der Waals surface area contributed by atoms with Gasteiger partial charge in [0.05, 0.1) is 31.0 Å². The minimum Gasteiger partial charge on any atom is -0.493 e. The van der Waals surface area contributed by atoms with Gasteiger partial charge in [0.2, 0.25) is 0 Å². The Balaban J connectivity index is 2.22. The number of hydrogen-bond donors (Lipinski definition) is 0. The number of ketones is 1. The van der Waals surface area contributed by atoms with Crippen LogP contribution < -0.4 is 9.47 Å². The standard InChI is InChI=1S/C16H17ClN2O3/c1-4-19-10-12(9-18-19)14(20)6-5-11-7-13(17)16(22-3)15(8-11)21-2/h5-10H,4H2,1-3H3/b6-5-. The molecule has 116 valence electrons. The fourth-order valence-corrected chi connectivity index (χ4v) is 2.26. The summed E-state index contributed by atoms with van der Waals surface area (Å²) < 4.78 is 12.1. The molecule has 0 aliphatic carbocycles. The highest BCUT2D eigenvalue weighted by Gasteiger charge is 2.10. The SMILES string of the molecule is CCn1cc(C(=O)/C=C\c2cc(Cl)c(OC)c(OC)c2)cn1. The summed E-state index contributed by atoms with van der Waals surface area (Å²) in [7, 11) is 3.06. The number of methoxy groups -OCH3 is 2. The Kier molecular flexibility index (Phi) is 5.22. The highest BCUT2D eigenvalue weighted by Crippen LogP contribution is 2.36. The van der Waals surface area contributed by atoms with E-state index >= 15 is 0 Å². The van der Waals surface area contributed by atoms with E-state index in [1.807, 2.05) is 6.92 Å². The molecule has 0 saturated carbocycles. The third-order valence-electron chi connectivity index (χ3n) is 3.12. The van der Waals surface area contributed by atoms with Crippen molar-refractivity contribution in [2.45, 2.75) is 13.5 Å². The van der Waals surface area contributed by atoms with Crippen LogP contribution in [0.3, 0.4) is 0 Å². The van der Waals surface area contributed by atoms with E-state index in [9.17, 15) is 4.79 Å². The van der Waals surface area contributed by atoms with Gasteiger partial charge >= 0.3 is 0 Å². The van der Waals surface area contributed by atoms with Gasteiger partial charge in [0.25, 0.3) is 0 Å². The molecule has 0 radical (unpaired) electrons. The van der Waals surface area contributed by atoms with Crippen LogP contribution in [0.1, 0.15) is 22.8 Å². The lowest BCUT2D eigenvalue weighted by atomic mass is 10.1. The molecule has 0 spiro atoms. The zero-order valence-corrected chi connectivity index (χ0v) is 13.4. The Morgan fingerprint density at radius 2 is 2.14 bits per heavy atom. The van der Waals surface area contributed by atoms with Crippen LogP contribution in [0.25, 0.3) is 6.08 Å². The summed E-state index contributed by atoms with van der Waals surface area (Å²) in [6.07, 6.45) is 6.43. The van der Waals surface area contributed by atoms with Crippen molar-refractivity contribution in [2.24, 2.45) is 0 Å². The molecule has 2 rings (SSSR count). The van der Waals surface area contributed by atoms with Crippen LogP contribution in [0.15, 0.2) is 30.6 Å². The fourth-order valence-electron chi connectivity index (χ4n) is 1.97. The number of aromatic nitrogens is 2. The van der Waals surface area contributed by atoms with Gasteiger partial charge in [0, 0.05) is 12.7 Å². The summed E-state index contributed by atoms with van der Waals surface area (Å²) in [6.45, 7) is 2.69. The lowest BCUT2D eigenvalue weighted by molar-refractivity contribution is 0.104. The molecule has 0 bridgehead atoms. The third-order valence-corrected chi connectivity index (χ3v) is 3.41. The smallest absolute Gasteiger partial charge is 0.189 e. The van der Waals surface area contributed by atoms with Crippen LogP contribution in [-0.2, 0) is 6.54 Å². The molecular formula is C16H17ClN2O3. The largest absolute Gasteiger partial charge is 0.493 e. The van der Waals surface area contributed by atoms with E-state index in [1.54, 1.807) is 35.3 Å². The van der Waals surface area contributed by atoms with E-state index in [0.717, 1.165) is 12.1 Å². The molecule has 5 nitrogen and oxygen atoms in total. The zero-order chi connectivity index (χ0) is 16.1. The minimum absolute atomic E-state index is 0.120. The summed E-state index contributed by atoms with van der Waals surface area (Å²) in [4.78, 5) is 12.1. The lowest BCUT2D eigenvalue weighted by Gasteiger charge is -2.10. The lowest BCUT2D eigenvalue weighted by Crippen LogP contribution is -1.95. The molecule has 0 fully saturated rings. The maximum absolute atomic E-state index is 12.1. The second-order valence-corrected chi connectivity index (χ2v) is 4.93. The molecule has 0 N–H and O–H groups in total. The summed E-state index contributed by atoms with van der Waals surface area (Å²) in [6, 6.07) is 3.46. The Morgan fingerprint density at radius 3 is 2.73 bits per heavy atom. The fraction of sp³-hybridized carbons (Fsp3) is 0.250. The van der Waals surface area contributed by atoms with Crippen molar-refractivity contribution in [3.8, 4) is 11.5 Å². The molecule has 0 unspecified atom stereocenters. The van der Waals surface area contributed by atoms with E-state index in [0.29, 0.717) is 22.1 Å². The van der Waals surface area contributed by atoms with Crippen LogP contribution >= 0.6 is 11.6 Å². The van der Waals surface area contributed by atoms with Gasteiger partial charge in [0.1, 0.15) is 0 Å². The molecule has 0 aliphatic rings. The zero-order valence-electron chi connectivity index (χ0n) is 12.7. The first-order valence-corrected chi connectivity index (χ1v) is 7.13. The third kappa shape index (κ3) is 3.49. The number of aryl methyl sites for hydroxylation is 1. The number of carbonyl (C=O) groups excluding carboxylic acids is 1. The molecule has 0 atom stereocenters. The number of benzene rings is 1. The highest BCUT2D eigenvalue weighted by molar-refractivity contribution is 6.32. The monoisotopic (exact) mass is 320 g/mol. The number of hydrogen-bond acceptors (Lipinski definition) is 4. The van der Waals surface area contributed by atoms with Gasteiger partial charge in [-0.25, -0.2) is 0 Å². The predicted molar refractivity (Wildman–Crippen MR) is 85.8 cm³/mol. The van der Waals surface area contributed by atoms with Crippen molar-refractivity contribution < 1.29 is 14.3 Å². The van der Waals surface area contributed by atoms with E-state index in [2.05, 4.69) is 5.10 Å². The van der Waals surface area contributed by atoms with Gasteiger partial charge in [0.15, 0.2) is 17.3 Å². The van der Waals surface area contributed by atoms with Crippen LogP contribution in [-0.4, -0.2) is 29.8 Å². The quantitative estimate of drug-likeness (QED) is 0.604. The summed E-state index contributed by atoms with van der Waals surface area (Å²) in [5.74, 6) is 0.864. The Hall–Kier alpha value is -2.27. The van der Waals surface area contributed by atoms with Gasteiger partial charge in [-0.15, -0.1) is 0 Å². The van der Waals surface area contributed by atoms with Crippen molar-refractivity contribution in [2.75, 3.05) is 14.2 Å². The number of carbonyl (C=O) groups is 1. The Bertz CT molecular complexity index is 707. The summed E-state index contributed by atoms with van der Waals surface area (Å²) >= 11 is 6.13. The van der Waals surface area contributed by atoms with Crippen molar-refractivity contribution >= 4 is 23.5 Å². The normalized spacial score (nSPS) is 10.9. The highest BCUT2D eigenvalue weighted by atomic mass is 35.5. The second kappa shape index (κ2) is 7.13. The van der Waals surface area contributed by atoms with E-state index in [4.69, 9.17) is 21.1 Å². The minimum atomic E-state index is -0.120. The van der Waals surface area contributed by atoms with E-state index in [1.165, 1.54) is 20.3 Å². The predicted octanol–water partition coefficient (Wildman–Crippen LogP) is 3.47. The van der Waals surface area contributed by atoms with Gasteiger partial charge < -0.3 is 9.47 Å². The van der Waals surface area contributed by atoms with Gasteiger partial charge in [-0.2, -0.15) is 5.10 Å². The van der Waals surface area contributed by atoms with Gasteiger partial charge in [-0.1, -0.05) is 17.7 Å². The molecular weight excluding hydrogens is 304 g/mol. The summed E-state index contributed by atoms with van der Waals surface area (Å²) in [5, 5.41) is 4.50. The number of allylic oxidation sites excluding steroid dienone is 1. The van der Waals surface area contributed by atoms with Crippen LogP contribution in [0.5, 0.6) is 11.5 Å². The van der Waals surface area contributed by atoms with Crippen LogP contribution in [0.2, 0.25) is 5.02 Å². The van der Waals surface area contributed by atoms with Crippen LogP contribution in [0, 0.1) is 0 Å². The molecule has 0 aliphatic heterocycles. The molecule has 1 aromatic heterocycles. The molecule has 0 amide bonds. The molecule has 1 aromatic carbocycles. The van der Waals surface area contributed by atoms with Crippen molar-refractivity contribution in [3.05, 3.63) is 46.8 Å². The molecule has 6 heteroatoms. The average molecular weight is 321 g/mol. The first-order chi connectivity index (χ1) is 10.6. The number of rotatable bonds is 6. The van der Waals surface area contributed by atoms with Crippen LogP contribution in [0.4, 0.5) is 0 Å². The maximum Gasteiger partial charge on any atom is 0.189 e. The van der Waals surface area contributed by atoms with E-state index < -0.39 is 0 Å². The number of ether oxygens (including phenoxy) is 2. The molecule has 1 heterocycles. The first kappa shape index (κ1) is 16.1. The molecule has 2 aromatic rings. The van der Waals surface area contributed by atoms with Crippen molar-refractivity contribution in [1.29, 1.82) is 0 Å². The first-order valence-electron chi connectivity index (χ1n) is 6.75. The number of halogens is 1. The van der Waals surface area contributed by atoms with Gasteiger partial charge in [-0.05, 0) is 30.7 Å². The second-order valence-electron chi connectivity index (χ2n) is 4.52. The molecule has 22 heavy (non-hydrogen) atoms. The van der Waals surface area contributed by atoms with E-state index in [-0.39, 0.29) is 5.78 Å². The van der Waals surface area contributed by atoms with Crippen molar-refractivity contribution in [3.63, 3.8) is 0 Å². The summed E-state index contributed by atoms with van der Waals surface area (Å²) in [5.41, 5.74) is 1.29. The van der Waals surface area contributed by atoms with Gasteiger partial charge in [-0.3, -0.25) is 9.48 Å². The Labute approximate surface area is 134 Å². The topological polar surface area (TPSA) is 53.4 Å². The maximum atomic E-state index is 12.1. The van der Waals surface area contributed by atoms with Crippen molar-refractivity contribution in [1.82, 2.24) is 9.78 Å². The average Bonchev–Trinajstić information content (AvgIpc) is 3.01. The Morgan fingerprint density at radius 1 is 1.36 bits per heavy atom. The molecule has 0 saturated heterocycles. The number of nitrogens with zero attached hydrogens (tertiary/aromatic N) is 2.